The van der Waals surface area contributed by atoms with Crippen molar-refractivity contribution in [2.45, 2.75) is 19.8 Å². The first kappa shape index (κ1) is 9.78. The fraction of sp³-hybridized carbons (Fsp3) is 0.364. The number of aromatic nitrogens is 1. The van der Waals surface area contributed by atoms with E-state index in [-0.39, 0.29) is 0 Å². The van der Waals surface area contributed by atoms with Crippen LogP contribution in [0.2, 0.25) is 0 Å². The first-order valence-electron chi connectivity index (χ1n) is 4.46. The van der Waals surface area contributed by atoms with Gasteiger partial charge < -0.3 is 4.57 Å². The molecule has 13 heavy (non-hydrogen) atoms. The number of hydrogen-bond donors (Lipinski definition) is 0. The highest BCUT2D eigenvalue weighted by Crippen LogP contribution is 2.11. The van der Waals surface area contributed by atoms with Gasteiger partial charge >= 0.3 is 0 Å². The third-order valence-corrected chi connectivity index (χ3v) is 2.07. The maximum Gasteiger partial charge on any atom is 0.131 e. The molecule has 70 valence electrons. The third kappa shape index (κ3) is 2.08. The molecule has 0 spiro atoms. The molecular formula is C11H16N2. The predicted molar refractivity (Wildman–Crippen MR) is 56.4 cm³/mol. The summed E-state index contributed by atoms with van der Waals surface area (Å²) in [5, 5.41) is 0. The minimum Gasteiger partial charge on any atom is -0.309 e. The topological polar surface area (TPSA) is 17.3 Å². The van der Waals surface area contributed by atoms with E-state index in [1.54, 1.807) is 13.2 Å². The molecule has 0 saturated heterocycles. The molecule has 0 saturated carbocycles. The highest BCUT2D eigenvalue weighted by molar-refractivity contribution is 5.23. The summed E-state index contributed by atoms with van der Waals surface area (Å²) in [6.45, 7) is 8.09. The van der Waals surface area contributed by atoms with Crippen LogP contribution >= 0.6 is 0 Å². The molecule has 0 amide bonds. The first-order valence-corrected chi connectivity index (χ1v) is 4.46. The number of hydrogen-bond acceptors (Lipinski definition) is 1. The van der Waals surface area contributed by atoms with Gasteiger partial charge in [0.15, 0.2) is 0 Å². The van der Waals surface area contributed by atoms with Crippen LogP contribution < -0.4 is 5.49 Å². The Morgan fingerprint density at radius 1 is 1.46 bits per heavy atom. The molecule has 1 rings (SSSR count). The van der Waals surface area contributed by atoms with Gasteiger partial charge in [0.05, 0.1) is 0 Å². The molecule has 0 aromatic carbocycles. The van der Waals surface area contributed by atoms with E-state index < -0.39 is 0 Å². The van der Waals surface area contributed by atoms with E-state index in [9.17, 15) is 0 Å². The Kier molecular flexibility index (Phi) is 3.07. The van der Waals surface area contributed by atoms with E-state index in [2.05, 4.69) is 37.7 Å². The highest BCUT2D eigenvalue weighted by Gasteiger charge is 1.98. The number of rotatable bonds is 2. The van der Waals surface area contributed by atoms with Gasteiger partial charge in [0.1, 0.15) is 5.49 Å². The molecule has 0 fully saturated rings. The summed E-state index contributed by atoms with van der Waals surface area (Å²) in [6, 6.07) is 4.12. The normalized spacial score (nSPS) is 12.2. The predicted octanol–water partition coefficient (Wildman–Crippen LogP) is 2.24. The fourth-order valence-corrected chi connectivity index (χ4v) is 1.20. The maximum absolute atomic E-state index is 4.13. The van der Waals surface area contributed by atoms with Crippen LogP contribution in [0, 0.1) is 0 Å². The molecule has 0 N–H and O–H groups in total. The summed E-state index contributed by atoms with van der Waals surface area (Å²) >= 11 is 0. The van der Waals surface area contributed by atoms with Gasteiger partial charge in [-0.1, -0.05) is 26.5 Å². The second kappa shape index (κ2) is 4.08. The summed E-state index contributed by atoms with van der Waals surface area (Å²) in [6.07, 6.45) is 3.84. The van der Waals surface area contributed by atoms with Crippen molar-refractivity contribution in [3.8, 4) is 0 Å². The monoisotopic (exact) mass is 176 g/mol. The second-order valence-electron chi connectivity index (χ2n) is 3.29. The van der Waals surface area contributed by atoms with Crippen molar-refractivity contribution in [1.82, 2.24) is 4.57 Å². The first-order chi connectivity index (χ1) is 6.19. The smallest absolute Gasteiger partial charge is 0.131 e. The Morgan fingerprint density at radius 2 is 2.15 bits per heavy atom. The Bertz CT molecular complexity index is 359. The van der Waals surface area contributed by atoms with Crippen molar-refractivity contribution in [1.29, 1.82) is 0 Å². The van der Waals surface area contributed by atoms with Crippen LogP contribution in [0.4, 0.5) is 0 Å². The zero-order valence-electron chi connectivity index (χ0n) is 8.49. The third-order valence-electron chi connectivity index (χ3n) is 2.07. The van der Waals surface area contributed by atoms with Crippen LogP contribution in [-0.2, 0) is 0 Å². The zero-order valence-corrected chi connectivity index (χ0v) is 8.49. The largest absolute Gasteiger partial charge is 0.309 e. The van der Waals surface area contributed by atoms with Crippen molar-refractivity contribution in [2.75, 3.05) is 7.05 Å². The van der Waals surface area contributed by atoms with Crippen LogP contribution in [-0.4, -0.2) is 11.6 Å². The van der Waals surface area contributed by atoms with Crippen LogP contribution in [0.3, 0.4) is 0 Å². The molecule has 0 atom stereocenters. The van der Waals surface area contributed by atoms with Crippen LogP contribution in [0.1, 0.15) is 25.3 Å². The van der Waals surface area contributed by atoms with Crippen LogP contribution in [0.15, 0.2) is 29.9 Å². The molecule has 0 radical (unpaired) electrons. The second-order valence-corrected chi connectivity index (χ2v) is 3.29. The van der Waals surface area contributed by atoms with Gasteiger partial charge in [-0.25, -0.2) is 0 Å². The summed E-state index contributed by atoms with van der Waals surface area (Å²) < 4.78 is 1.94. The van der Waals surface area contributed by atoms with E-state index in [1.807, 2.05) is 10.6 Å². The quantitative estimate of drug-likeness (QED) is 0.657. The van der Waals surface area contributed by atoms with Gasteiger partial charge in [-0.3, -0.25) is 4.99 Å². The van der Waals surface area contributed by atoms with Crippen molar-refractivity contribution in [2.24, 2.45) is 4.99 Å². The van der Waals surface area contributed by atoms with E-state index in [0.29, 0.717) is 5.92 Å². The molecular weight excluding hydrogens is 160 g/mol. The molecule has 0 unspecified atom stereocenters. The van der Waals surface area contributed by atoms with Gasteiger partial charge in [-0.15, -0.1) is 0 Å². The van der Waals surface area contributed by atoms with E-state index in [1.165, 1.54) is 5.56 Å². The van der Waals surface area contributed by atoms with Gasteiger partial charge in [0, 0.05) is 19.4 Å². The van der Waals surface area contributed by atoms with E-state index in [4.69, 9.17) is 0 Å². The zero-order chi connectivity index (χ0) is 9.84. The molecule has 2 heteroatoms. The lowest BCUT2D eigenvalue weighted by molar-refractivity contribution is 0.837. The van der Waals surface area contributed by atoms with Crippen molar-refractivity contribution in [3.63, 3.8) is 0 Å². The molecule has 1 aromatic rings. The summed E-state index contributed by atoms with van der Waals surface area (Å²) in [4.78, 5) is 4.13. The van der Waals surface area contributed by atoms with E-state index in [0.717, 1.165) is 5.49 Å². The Balaban J connectivity index is 3.29. The SMILES string of the molecule is C=Cn1cc(C(C)C)ccc1=NC. The van der Waals surface area contributed by atoms with Gasteiger partial charge in [0.25, 0.3) is 0 Å². The summed E-state index contributed by atoms with van der Waals surface area (Å²) in [5.74, 6) is 0.539. The van der Waals surface area contributed by atoms with Crippen molar-refractivity contribution in [3.05, 3.63) is 36.0 Å². The van der Waals surface area contributed by atoms with Crippen LogP contribution in [0.5, 0.6) is 0 Å². The highest BCUT2D eigenvalue weighted by atomic mass is 15.0. The Hall–Kier alpha value is -1.31. The summed E-state index contributed by atoms with van der Waals surface area (Å²) in [7, 11) is 1.78. The average molecular weight is 176 g/mol. The number of pyridine rings is 1. The minimum atomic E-state index is 0.539. The molecule has 0 aliphatic carbocycles. The van der Waals surface area contributed by atoms with Crippen molar-refractivity contribution >= 4 is 6.20 Å². The van der Waals surface area contributed by atoms with Crippen molar-refractivity contribution < 1.29 is 0 Å². The molecule has 0 aliphatic heterocycles. The minimum absolute atomic E-state index is 0.539. The summed E-state index contributed by atoms with van der Waals surface area (Å²) in [5.41, 5.74) is 2.23. The van der Waals surface area contributed by atoms with Gasteiger partial charge in [0.2, 0.25) is 0 Å². The van der Waals surface area contributed by atoms with Gasteiger partial charge in [-0.2, -0.15) is 0 Å². The molecule has 0 bridgehead atoms. The number of nitrogens with zero attached hydrogens (tertiary/aromatic N) is 2. The Morgan fingerprint density at radius 3 is 2.62 bits per heavy atom. The lowest BCUT2D eigenvalue weighted by atomic mass is 10.1. The van der Waals surface area contributed by atoms with Crippen LogP contribution in [0.25, 0.3) is 6.20 Å². The van der Waals surface area contributed by atoms with Gasteiger partial charge in [-0.05, 0) is 17.5 Å². The average Bonchev–Trinajstić information content (AvgIpc) is 2.16. The lowest BCUT2D eigenvalue weighted by Gasteiger charge is -2.07. The molecule has 2 nitrogen and oxygen atoms in total. The van der Waals surface area contributed by atoms with E-state index >= 15 is 0 Å². The molecule has 1 aromatic heterocycles. The lowest BCUT2D eigenvalue weighted by Crippen LogP contribution is -2.16. The molecule has 1 heterocycles. The standard InChI is InChI=1S/C11H16N2/c1-5-13-8-10(9(2)3)6-7-11(13)12-4/h5-9H,1H2,2-4H3. The Labute approximate surface area is 79.3 Å². The maximum atomic E-state index is 4.13. The molecule has 0 aliphatic rings. The fourth-order valence-electron chi connectivity index (χ4n) is 1.20.